The summed E-state index contributed by atoms with van der Waals surface area (Å²) < 4.78 is 12.2. The molecule has 3 heterocycles. The van der Waals surface area contributed by atoms with E-state index in [0.717, 1.165) is 5.82 Å². The lowest BCUT2D eigenvalue weighted by atomic mass is 10.1. The zero-order valence-electron chi connectivity index (χ0n) is 16.4. The molecule has 4 rings (SSSR count). The summed E-state index contributed by atoms with van der Waals surface area (Å²) in [7, 11) is 3.13. The first-order valence-electron chi connectivity index (χ1n) is 9.28. The molecule has 150 valence electrons. The summed E-state index contributed by atoms with van der Waals surface area (Å²) in [5.74, 6) is 2.66. The fourth-order valence-electron chi connectivity index (χ4n) is 3.33. The van der Waals surface area contributed by atoms with Gasteiger partial charge in [-0.2, -0.15) is 5.10 Å². The number of piperazine rings is 1. The van der Waals surface area contributed by atoms with Crippen LogP contribution in [0.3, 0.4) is 0 Å². The maximum Gasteiger partial charge on any atom is 0.254 e. The Balaban J connectivity index is 1.43. The molecule has 2 aromatic heterocycles. The maximum atomic E-state index is 12.9. The van der Waals surface area contributed by atoms with E-state index in [1.807, 2.05) is 23.2 Å². The lowest BCUT2D eigenvalue weighted by Crippen LogP contribution is -2.49. The first kappa shape index (κ1) is 18.7. The predicted molar refractivity (Wildman–Crippen MR) is 107 cm³/mol. The molecule has 0 aliphatic carbocycles. The molecule has 1 aromatic carbocycles. The van der Waals surface area contributed by atoms with Crippen molar-refractivity contribution in [3.8, 4) is 17.3 Å². The van der Waals surface area contributed by atoms with E-state index < -0.39 is 0 Å². The second-order valence-corrected chi connectivity index (χ2v) is 6.53. The van der Waals surface area contributed by atoms with Crippen LogP contribution in [0.5, 0.6) is 11.5 Å². The normalized spacial score (nSPS) is 14.0. The lowest BCUT2D eigenvalue weighted by molar-refractivity contribution is 0.0746. The third-order valence-corrected chi connectivity index (χ3v) is 4.90. The molecule has 1 amide bonds. The van der Waals surface area contributed by atoms with E-state index in [2.05, 4.69) is 20.0 Å². The standard InChI is InChI=1S/C20H22N6O3/c1-28-16-5-4-15(12-17(16)29-2)20(27)25-10-8-24(9-11-25)18-13-19(22-14-21-18)26-7-3-6-23-26/h3-7,12-14H,8-11H2,1-2H3. The number of benzene rings is 1. The molecule has 0 atom stereocenters. The van der Waals surface area contributed by atoms with Gasteiger partial charge in [0.15, 0.2) is 17.3 Å². The largest absolute Gasteiger partial charge is 0.493 e. The number of carbonyl (C=O) groups is 1. The van der Waals surface area contributed by atoms with E-state index in [9.17, 15) is 4.79 Å². The van der Waals surface area contributed by atoms with Gasteiger partial charge in [-0.05, 0) is 24.3 Å². The first-order chi connectivity index (χ1) is 14.2. The molecular formula is C20H22N6O3. The number of carbonyl (C=O) groups excluding carboxylic acids is 1. The molecule has 1 aliphatic rings. The van der Waals surface area contributed by atoms with Crippen LogP contribution in [0.15, 0.2) is 49.1 Å². The molecule has 3 aromatic rings. The average molecular weight is 394 g/mol. The summed E-state index contributed by atoms with van der Waals surface area (Å²) in [5.41, 5.74) is 0.583. The van der Waals surface area contributed by atoms with Gasteiger partial charge in [0.05, 0.1) is 14.2 Å². The highest BCUT2D eigenvalue weighted by molar-refractivity contribution is 5.95. The summed E-state index contributed by atoms with van der Waals surface area (Å²) in [6.07, 6.45) is 5.08. The molecule has 0 spiro atoms. The number of aromatic nitrogens is 4. The fraction of sp³-hybridized carbons (Fsp3) is 0.300. The van der Waals surface area contributed by atoms with Gasteiger partial charge in [0.2, 0.25) is 0 Å². The zero-order valence-corrected chi connectivity index (χ0v) is 16.4. The van der Waals surface area contributed by atoms with E-state index in [-0.39, 0.29) is 5.91 Å². The lowest BCUT2D eigenvalue weighted by Gasteiger charge is -2.35. The van der Waals surface area contributed by atoms with Crippen LogP contribution in [0.2, 0.25) is 0 Å². The number of nitrogens with zero attached hydrogens (tertiary/aromatic N) is 6. The second-order valence-electron chi connectivity index (χ2n) is 6.53. The Hall–Kier alpha value is -3.62. The van der Waals surface area contributed by atoms with Crippen molar-refractivity contribution in [1.82, 2.24) is 24.6 Å². The molecule has 0 radical (unpaired) electrons. The van der Waals surface area contributed by atoms with E-state index in [0.29, 0.717) is 49.1 Å². The van der Waals surface area contributed by atoms with Crippen molar-refractivity contribution in [2.75, 3.05) is 45.3 Å². The Morgan fingerprint density at radius 3 is 2.41 bits per heavy atom. The van der Waals surface area contributed by atoms with Crippen molar-refractivity contribution < 1.29 is 14.3 Å². The SMILES string of the molecule is COc1ccc(C(=O)N2CCN(c3cc(-n4cccn4)ncn3)CC2)cc1OC. The zero-order chi connectivity index (χ0) is 20.2. The monoisotopic (exact) mass is 394 g/mol. The van der Waals surface area contributed by atoms with Gasteiger partial charge in [-0.3, -0.25) is 4.79 Å². The van der Waals surface area contributed by atoms with Crippen molar-refractivity contribution in [2.24, 2.45) is 0 Å². The molecule has 0 saturated carbocycles. The minimum atomic E-state index is -0.0227. The summed E-state index contributed by atoms with van der Waals surface area (Å²) in [4.78, 5) is 25.5. The Morgan fingerprint density at radius 2 is 1.72 bits per heavy atom. The minimum absolute atomic E-state index is 0.0227. The third-order valence-electron chi connectivity index (χ3n) is 4.90. The summed E-state index contributed by atoms with van der Waals surface area (Å²) in [6, 6.07) is 8.98. The number of hydrogen-bond acceptors (Lipinski definition) is 7. The van der Waals surface area contributed by atoms with E-state index in [1.165, 1.54) is 6.33 Å². The van der Waals surface area contributed by atoms with E-state index >= 15 is 0 Å². The average Bonchev–Trinajstić information content (AvgIpc) is 3.33. The van der Waals surface area contributed by atoms with Gasteiger partial charge in [-0.25, -0.2) is 14.6 Å². The highest BCUT2D eigenvalue weighted by atomic mass is 16.5. The summed E-state index contributed by atoms with van der Waals surface area (Å²) in [5, 5.41) is 4.20. The molecule has 29 heavy (non-hydrogen) atoms. The van der Waals surface area contributed by atoms with Crippen LogP contribution in [0.1, 0.15) is 10.4 Å². The van der Waals surface area contributed by atoms with Crippen molar-refractivity contribution in [3.05, 3.63) is 54.6 Å². The Labute approximate surface area is 168 Å². The van der Waals surface area contributed by atoms with Gasteiger partial charge in [-0.15, -0.1) is 0 Å². The number of amides is 1. The van der Waals surface area contributed by atoms with Crippen LogP contribution in [0.25, 0.3) is 5.82 Å². The van der Waals surface area contributed by atoms with Gasteiger partial charge in [0.1, 0.15) is 12.1 Å². The summed E-state index contributed by atoms with van der Waals surface area (Å²) in [6.45, 7) is 2.59. The van der Waals surface area contributed by atoms with Crippen molar-refractivity contribution >= 4 is 11.7 Å². The maximum absolute atomic E-state index is 12.9. The van der Waals surface area contributed by atoms with Crippen LogP contribution < -0.4 is 14.4 Å². The number of ether oxygens (including phenoxy) is 2. The number of methoxy groups -OCH3 is 2. The van der Waals surface area contributed by atoms with Gasteiger partial charge < -0.3 is 19.3 Å². The fourth-order valence-corrected chi connectivity index (χ4v) is 3.33. The Bertz CT molecular complexity index is 984. The molecule has 1 aliphatic heterocycles. The predicted octanol–water partition coefficient (Wildman–Crippen LogP) is 1.64. The Kier molecular flexibility index (Phi) is 5.28. The molecular weight excluding hydrogens is 372 g/mol. The number of hydrogen-bond donors (Lipinski definition) is 0. The van der Waals surface area contributed by atoms with Crippen LogP contribution in [-0.4, -0.2) is 71.0 Å². The van der Waals surface area contributed by atoms with Gasteiger partial charge in [0, 0.05) is 50.2 Å². The topological polar surface area (TPSA) is 85.6 Å². The van der Waals surface area contributed by atoms with Crippen LogP contribution >= 0.6 is 0 Å². The van der Waals surface area contributed by atoms with Crippen molar-refractivity contribution in [3.63, 3.8) is 0 Å². The molecule has 1 saturated heterocycles. The van der Waals surface area contributed by atoms with Crippen LogP contribution in [0.4, 0.5) is 5.82 Å². The molecule has 9 nitrogen and oxygen atoms in total. The van der Waals surface area contributed by atoms with Gasteiger partial charge in [0.25, 0.3) is 5.91 Å². The third kappa shape index (κ3) is 3.84. The number of rotatable bonds is 5. The second kappa shape index (κ2) is 8.17. The highest BCUT2D eigenvalue weighted by Crippen LogP contribution is 2.28. The number of anilines is 1. The minimum Gasteiger partial charge on any atom is -0.493 e. The van der Waals surface area contributed by atoms with Gasteiger partial charge >= 0.3 is 0 Å². The summed E-state index contributed by atoms with van der Waals surface area (Å²) >= 11 is 0. The van der Waals surface area contributed by atoms with Crippen LogP contribution in [0, 0.1) is 0 Å². The molecule has 9 heteroatoms. The Morgan fingerprint density at radius 1 is 0.966 bits per heavy atom. The van der Waals surface area contributed by atoms with Crippen molar-refractivity contribution in [1.29, 1.82) is 0 Å². The quantitative estimate of drug-likeness (QED) is 0.650. The van der Waals surface area contributed by atoms with E-state index in [4.69, 9.17) is 9.47 Å². The molecule has 0 unspecified atom stereocenters. The first-order valence-corrected chi connectivity index (χ1v) is 9.28. The molecule has 0 N–H and O–H groups in total. The smallest absolute Gasteiger partial charge is 0.254 e. The van der Waals surface area contributed by atoms with Crippen LogP contribution in [-0.2, 0) is 0 Å². The van der Waals surface area contributed by atoms with E-state index in [1.54, 1.807) is 43.3 Å². The highest BCUT2D eigenvalue weighted by Gasteiger charge is 2.24. The van der Waals surface area contributed by atoms with Gasteiger partial charge in [-0.1, -0.05) is 0 Å². The van der Waals surface area contributed by atoms with Crippen molar-refractivity contribution in [2.45, 2.75) is 0 Å². The molecule has 0 bridgehead atoms. The molecule has 1 fully saturated rings.